The van der Waals surface area contributed by atoms with Crippen molar-refractivity contribution in [3.05, 3.63) is 28.3 Å². The van der Waals surface area contributed by atoms with Crippen molar-refractivity contribution in [1.29, 1.82) is 0 Å². The summed E-state index contributed by atoms with van der Waals surface area (Å²) in [6.07, 6.45) is 1.09. The van der Waals surface area contributed by atoms with Gasteiger partial charge in [-0.2, -0.15) is 0 Å². The van der Waals surface area contributed by atoms with E-state index in [2.05, 4.69) is 10.6 Å². The van der Waals surface area contributed by atoms with Crippen molar-refractivity contribution >= 4 is 34.6 Å². The average Bonchev–Trinajstić information content (AvgIpc) is 2.38. The zero-order valence-corrected chi connectivity index (χ0v) is 12.0. The Labute approximate surface area is 121 Å². The van der Waals surface area contributed by atoms with Gasteiger partial charge >= 0.3 is 0 Å². The van der Waals surface area contributed by atoms with Gasteiger partial charge in [0.1, 0.15) is 5.75 Å². The summed E-state index contributed by atoms with van der Waals surface area (Å²) in [5.74, 6) is 0.0807. The number of nitro groups is 1. The van der Waals surface area contributed by atoms with Gasteiger partial charge in [-0.1, -0.05) is 6.92 Å². The molecule has 20 heavy (non-hydrogen) atoms. The second-order valence-electron chi connectivity index (χ2n) is 3.89. The van der Waals surface area contributed by atoms with E-state index in [9.17, 15) is 14.9 Å². The summed E-state index contributed by atoms with van der Waals surface area (Å²) in [7, 11) is 1.39. The quantitative estimate of drug-likeness (QED) is 0.491. The molecule has 8 heteroatoms. The van der Waals surface area contributed by atoms with Crippen molar-refractivity contribution in [2.24, 2.45) is 0 Å². The SMILES string of the molecule is CCCC(=O)NC(=S)Nc1ccc([N+](=O)[O-])cc1OC. The number of nitrogens with zero attached hydrogens (tertiary/aromatic N) is 1. The Bertz CT molecular complexity index is 533. The van der Waals surface area contributed by atoms with Crippen LogP contribution in [0.4, 0.5) is 11.4 Å². The van der Waals surface area contributed by atoms with Gasteiger partial charge in [0, 0.05) is 12.5 Å². The van der Waals surface area contributed by atoms with Gasteiger partial charge in [-0.25, -0.2) is 0 Å². The maximum absolute atomic E-state index is 11.4. The number of thiocarbonyl (C=S) groups is 1. The van der Waals surface area contributed by atoms with Crippen molar-refractivity contribution in [2.75, 3.05) is 12.4 Å². The topological polar surface area (TPSA) is 93.5 Å². The smallest absolute Gasteiger partial charge is 0.273 e. The number of nitrogens with one attached hydrogen (secondary N) is 2. The molecular weight excluding hydrogens is 282 g/mol. The molecule has 0 spiro atoms. The molecule has 0 aliphatic heterocycles. The first-order chi connectivity index (χ1) is 9.47. The van der Waals surface area contributed by atoms with Crippen LogP contribution in [0, 0.1) is 10.1 Å². The molecule has 0 bridgehead atoms. The van der Waals surface area contributed by atoms with E-state index in [1.807, 2.05) is 6.92 Å². The third kappa shape index (κ3) is 4.47. The Hall–Kier alpha value is -2.22. The minimum Gasteiger partial charge on any atom is -0.494 e. The molecule has 0 atom stereocenters. The van der Waals surface area contributed by atoms with Crippen molar-refractivity contribution in [3.63, 3.8) is 0 Å². The number of nitro benzene ring substituents is 1. The normalized spacial score (nSPS) is 9.70. The lowest BCUT2D eigenvalue weighted by Gasteiger charge is -2.12. The summed E-state index contributed by atoms with van der Waals surface area (Å²) in [6, 6.07) is 4.06. The number of hydrogen-bond acceptors (Lipinski definition) is 5. The molecule has 0 aliphatic rings. The van der Waals surface area contributed by atoms with Crippen LogP contribution in [0.1, 0.15) is 19.8 Å². The lowest BCUT2D eigenvalue weighted by molar-refractivity contribution is -0.384. The molecule has 7 nitrogen and oxygen atoms in total. The number of carbonyl (C=O) groups excluding carboxylic acids is 1. The summed E-state index contributed by atoms with van der Waals surface area (Å²) in [6.45, 7) is 1.88. The molecule has 1 aromatic carbocycles. The summed E-state index contributed by atoms with van der Waals surface area (Å²) in [4.78, 5) is 21.5. The Morgan fingerprint density at radius 1 is 1.50 bits per heavy atom. The van der Waals surface area contributed by atoms with Gasteiger partial charge in [0.15, 0.2) is 5.11 Å². The second kappa shape index (κ2) is 7.39. The first kappa shape index (κ1) is 15.8. The second-order valence-corrected chi connectivity index (χ2v) is 4.30. The van der Waals surface area contributed by atoms with Gasteiger partial charge in [-0.3, -0.25) is 14.9 Å². The van der Waals surface area contributed by atoms with Crippen molar-refractivity contribution < 1.29 is 14.5 Å². The van der Waals surface area contributed by atoms with Crippen LogP contribution in [0.2, 0.25) is 0 Å². The molecule has 0 heterocycles. The molecule has 108 valence electrons. The van der Waals surface area contributed by atoms with Crippen LogP contribution in [0.3, 0.4) is 0 Å². The lowest BCUT2D eigenvalue weighted by Crippen LogP contribution is -2.33. The summed E-state index contributed by atoms with van der Waals surface area (Å²) in [5, 5.41) is 16.1. The number of anilines is 1. The van der Waals surface area contributed by atoms with Crippen molar-refractivity contribution in [2.45, 2.75) is 19.8 Å². The fourth-order valence-electron chi connectivity index (χ4n) is 1.47. The van der Waals surface area contributed by atoms with E-state index in [1.165, 1.54) is 25.3 Å². The fraction of sp³-hybridized carbons (Fsp3) is 0.333. The van der Waals surface area contributed by atoms with Gasteiger partial charge in [0.05, 0.1) is 23.8 Å². The number of hydrogen-bond donors (Lipinski definition) is 2. The molecule has 1 rings (SSSR count). The summed E-state index contributed by atoms with van der Waals surface area (Å²) < 4.78 is 5.05. The van der Waals surface area contributed by atoms with Crippen LogP contribution in [-0.4, -0.2) is 23.1 Å². The molecule has 0 aromatic heterocycles. The Kier molecular flexibility index (Phi) is 5.85. The van der Waals surface area contributed by atoms with Crippen molar-refractivity contribution in [3.8, 4) is 5.75 Å². The van der Waals surface area contributed by atoms with Gasteiger partial charge in [-0.15, -0.1) is 0 Å². The van der Waals surface area contributed by atoms with Gasteiger partial charge in [0.2, 0.25) is 5.91 Å². The Balaban J connectivity index is 2.79. The van der Waals surface area contributed by atoms with E-state index in [4.69, 9.17) is 17.0 Å². The highest BCUT2D eigenvalue weighted by Crippen LogP contribution is 2.28. The Morgan fingerprint density at radius 2 is 2.20 bits per heavy atom. The fourth-order valence-corrected chi connectivity index (χ4v) is 1.69. The predicted molar refractivity (Wildman–Crippen MR) is 78.9 cm³/mol. The molecule has 2 N–H and O–H groups in total. The highest BCUT2D eigenvalue weighted by molar-refractivity contribution is 7.80. The number of benzene rings is 1. The maximum Gasteiger partial charge on any atom is 0.273 e. The first-order valence-corrected chi connectivity index (χ1v) is 6.32. The molecular formula is C12H15N3O4S. The number of methoxy groups -OCH3 is 1. The number of carbonyl (C=O) groups is 1. The van der Waals surface area contributed by atoms with Crippen LogP contribution < -0.4 is 15.4 Å². The van der Waals surface area contributed by atoms with E-state index in [0.29, 0.717) is 12.1 Å². The monoisotopic (exact) mass is 297 g/mol. The van der Waals surface area contributed by atoms with Gasteiger partial charge in [0.25, 0.3) is 5.69 Å². The number of ether oxygens (including phenoxy) is 1. The minimum atomic E-state index is -0.520. The highest BCUT2D eigenvalue weighted by atomic mass is 32.1. The third-order valence-electron chi connectivity index (χ3n) is 2.37. The van der Waals surface area contributed by atoms with E-state index in [1.54, 1.807) is 0 Å². The molecule has 0 aliphatic carbocycles. The van der Waals surface area contributed by atoms with E-state index in [-0.39, 0.29) is 22.5 Å². The number of amides is 1. The van der Waals surface area contributed by atoms with Crippen LogP contribution in [0.15, 0.2) is 18.2 Å². The minimum absolute atomic E-state index is 0.0895. The van der Waals surface area contributed by atoms with E-state index >= 15 is 0 Å². The molecule has 0 saturated heterocycles. The maximum atomic E-state index is 11.4. The average molecular weight is 297 g/mol. The summed E-state index contributed by atoms with van der Waals surface area (Å²) >= 11 is 4.99. The zero-order valence-electron chi connectivity index (χ0n) is 11.1. The lowest BCUT2D eigenvalue weighted by atomic mass is 10.2. The van der Waals surface area contributed by atoms with Crippen LogP contribution in [0.25, 0.3) is 0 Å². The Morgan fingerprint density at radius 3 is 2.75 bits per heavy atom. The summed E-state index contributed by atoms with van der Waals surface area (Å²) in [5.41, 5.74) is 0.355. The highest BCUT2D eigenvalue weighted by Gasteiger charge is 2.12. The molecule has 0 radical (unpaired) electrons. The van der Waals surface area contributed by atoms with Gasteiger partial charge in [-0.05, 0) is 24.7 Å². The van der Waals surface area contributed by atoms with Crippen LogP contribution >= 0.6 is 12.2 Å². The number of non-ortho nitro benzene ring substituents is 1. The van der Waals surface area contributed by atoms with E-state index in [0.717, 1.165) is 6.42 Å². The van der Waals surface area contributed by atoms with Crippen molar-refractivity contribution in [1.82, 2.24) is 5.32 Å². The zero-order chi connectivity index (χ0) is 15.1. The third-order valence-corrected chi connectivity index (χ3v) is 2.58. The first-order valence-electron chi connectivity index (χ1n) is 5.91. The molecule has 0 fully saturated rings. The molecule has 1 aromatic rings. The van der Waals surface area contributed by atoms with Crippen LogP contribution in [-0.2, 0) is 4.79 Å². The van der Waals surface area contributed by atoms with Gasteiger partial charge < -0.3 is 15.4 Å². The largest absolute Gasteiger partial charge is 0.494 e. The molecule has 0 saturated carbocycles. The number of rotatable bonds is 5. The standard InChI is InChI=1S/C12H15N3O4S/c1-3-4-11(16)14-12(20)13-9-6-5-8(15(17)18)7-10(9)19-2/h5-7H,3-4H2,1-2H3,(H2,13,14,16,20). The predicted octanol–water partition coefficient (Wildman–Crippen LogP) is 2.22. The van der Waals surface area contributed by atoms with E-state index < -0.39 is 4.92 Å². The molecule has 0 unspecified atom stereocenters. The van der Waals surface area contributed by atoms with Crippen LogP contribution in [0.5, 0.6) is 5.75 Å². The molecule has 1 amide bonds.